The lowest BCUT2D eigenvalue weighted by molar-refractivity contribution is -0.130. The molecule has 0 saturated heterocycles. The summed E-state index contributed by atoms with van der Waals surface area (Å²) in [7, 11) is 0. The Morgan fingerprint density at radius 1 is 1.12 bits per heavy atom. The van der Waals surface area contributed by atoms with Gasteiger partial charge < -0.3 is 0 Å². The van der Waals surface area contributed by atoms with E-state index in [1.807, 2.05) is 6.07 Å². The minimum atomic E-state index is -0.291. The predicted octanol–water partition coefficient (Wildman–Crippen LogP) is 3.88. The summed E-state index contributed by atoms with van der Waals surface area (Å²) in [5.74, 6) is 0.340. The Morgan fingerprint density at radius 3 is 2.38 bits per heavy atom. The van der Waals surface area contributed by atoms with Crippen molar-refractivity contribution in [3.05, 3.63) is 33.8 Å². The van der Waals surface area contributed by atoms with E-state index in [1.165, 1.54) is 11.1 Å². The molecule has 1 aliphatic rings. The molecule has 0 fully saturated rings. The van der Waals surface area contributed by atoms with Crippen LogP contribution in [0.4, 0.5) is 0 Å². The van der Waals surface area contributed by atoms with Gasteiger partial charge in [-0.25, -0.2) is 0 Å². The third kappa shape index (κ3) is 1.46. The van der Waals surface area contributed by atoms with Crippen LogP contribution in [0.5, 0.6) is 0 Å². The first-order chi connectivity index (χ1) is 7.26. The summed E-state index contributed by atoms with van der Waals surface area (Å²) in [6.07, 6.45) is 0.568. The van der Waals surface area contributed by atoms with E-state index < -0.39 is 0 Å². The van der Waals surface area contributed by atoms with Gasteiger partial charge in [0.15, 0.2) is 0 Å². The molecule has 0 heterocycles. The Bertz CT molecular complexity index is 458. The van der Waals surface area contributed by atoms with Crippen molar-refractivity contribution in [3.63, 3.8) is 0 Å². The van der Waals surface area contributed by atoms with Crippen LogP contribution in [-0.4, -0.2) is 5.78 Å². The quantitative estimate of drug-likeness (QED) is 0.705. The van der Waals surface area contributed by atoms with Crippen LogP contribution in [0.1, 0.15) is 38.8 Å². The third-order valence-corrected chi connectivity index (χ3v) is 4.85. The Hall–Kier alpha value is -0.630. The Labute approximate surface area is 105 Å². The van der Waals surface area contributed by atoms with Crippen LogP contribution < -0.4 is 0 Å². The highest BCUT2D eigenvalue weighted by atomic mass is 79.9. The molecule has 0 saturated carbocycles. The first-order valence-electron chi connectivity index (χ1n) is 5.59. The number of Topliss-reactive ketones (excluding diaryl/α,β-unsaturated/α-hetero) is 1. The van der Waals surface area contributed by atoms with Crippen LogP contribution in [0.25, 0.3) is 0 Å². The first kappa shape index (κ1) is 11.8. The highest BCUT2D eigenvalue weighted by Crippen LogP contribution is 2.48. The second-order valence-electron chi connectivity index (χ2n) is 5.65. The lowest BCUT2D eigenvalue weighted by Gasteiger charge is -2.45. The fourth-order valence-electron chi connectivity index (χ4n) is 2.36. The number of ketones is 1. The van der Waals surface area contributed by atoms with Crippen LogP contribution >= 0.6 is 15.9 Å². The first-order valence-corrected chi connectivity index (χ1v) is 6.38. The van der Waals surface area contributed by atoms with Crippen molar-refractivity contribution in [2.75, 3.05) is 0 Å². The second-order valence-corrected chi connectivity index (χ2v) is 6.57. The maximum atomic E-state index is 12.2. The zero-order chi connectivity index (χ0) is 12.1. The van der Waals surface area contributed by atoms with Gasteiger partial charge in [0.05, 0.1) is 0 Å². The molecular formula is C14H17BrO. The molecule has 16 heavy (non-hydrogen) atoms. The molecule has 0 unspecified atom stereocenters. The van der Waals surface area contributed by atoms with Crippen LogP contribution in [0.2, 0.25) is 0 Å². The standard InChI is InChI=1S/C14H17BrO/c1-13(2)11-8-10(15)6-5-9(11)7-12(16)14(13,3)4/h5-6,8H,7H2,1-4H3. The fraction of sp³-hybridized carbons (Fsp3) is 0.500. The summed E-state index contributed by atoms with van der Waals surface area (Å²) in [5, 5.41) is 0. The number of halogens is 1. The highest BCUT2D eigenvalue weighted by Gasteiger charge is 2.47. The van der Waals surface area contributed by atoms with Gasteiger partial charge in [0.2, 0.25) is 0 Å². The van der Waals surface area contributed by atoms with Gasteiger partial charge in [-0.1, -0.05) is 49.7 Å². The van der Waals surface area contributed by atoms with E-state index in [1.54, 1.807) is 0 Å². The molecule has 0 spiro atoms. The normalized spacial score (nSPS) is 21.7. The van der Waals surface area contributed by atoms with Crippen molar-refractivity contribution < 1.29 is 4.79 Å². The number of benzene rings is 1. The molecule has 2 heteroatoms. The van der Waals surface area contributed by atoms with Crippen molar-refractivity contribution in [1.82, 2.24) is 0 Å². The summed E-state index contributed by atoms with van der Waals surface area (Å²) in [5.41, 5.74) is 2.08. The molecule has 0 amide bonds. The molecule has 0 aliphatic heterocycles. The monoisotopic (exact) mass is 280 g/mol. The lowest BCUT2D eigenvalue weighted by atomic mass is 9.57. The van der Waals surface area contributed by atoms with Crippen molar-refractivity contribution >= 4 is 21.7 Å². The maximum Gasteiger partial charge on any atom is 0.143 e. The van der Waals surface area contributed by atoms with E-state index in [9.17, 15) is 4.79 Å². The van der Waals surface area contributed by atoms with Gasteiger partial charge in [-0.05, 0) is 23.3 Å². The molecule has 1 aromatic carbocycles. The minimum Gasteiger partial charge on any atom is -0.299 e. The second kappa shape index (κ2) is 3.43. The molecular weight excluding hydrogens is 264 g/mol. The predicted molar refractivity (Wildman–Crippen MR) is 69.7 cm³/mol. The van der Waals surface area contributed by atoms with Crippen molar-refractivity contribution in [2.24, 2.45) is 5.41 Å². The summed E-state index contributed by atoms with van der Waals surface area (Å²) in [6.45, 7) is 8.43. The zero-order valence-corrected chi connectivity index (χ0v) is 11.8. The summed E-state index contributed by atoms with van der Waals surface area (Å²) in [4.78, 5) is 12.2. The number of rotatable bonds is 0. The van der Waals surface area contributed by atoms with Crippen LogP contribution in [0.3, 0.4) is 0 Å². The number of hydrogen-bond donors (Lipinski definition) is 0. The molecule has 0 aromatic heterocycles. The number of hydrogen-bond acceptors (Lipinski definition) is 1. The zero-order valence-electron chi connectivity index (χ0n) is 10.2. The van der Waals surface area contributed by atoms with Crippen LogP contribution in [0.15, 0.2) is 22.7 Å². The fourth-order valence-corrected chi connectivity index (χ4v) is 2.72. The van der Waals surface area contributed by atoms with Crippen LogP contribution in [0, 0.1) is 5.41 Å². The Kier molecular flexibility index (Phi) is 2.54. The Balaban J connectivity index is 2.68. The molecule has 0 radical (unpaired) electrons. The van der Waals surface area contributed by atoms with Gasteiger partial charge >= 0.3 is 0 Å². The minimum absolute atomic E-state index is 0.110. The highest BCUT2D eigenvalue weighted by molar-refractivity contribution is 9.10. The molecule has 86 valence electrons. The van der Waals surface area contributed by atoms with E-state index in [0.717, 1.165) is 4.47 Å². The summed E-state index contributed by atoms with van der Waals surface area (Å²) >= 11 is 3.51. The molecule has 1 nitrogen and oxygen atoms in total. The van der Waals surface area contributed by atoms with Crippen molar-refractivity contribution in [2.45, 2.75) is 39.5 Å². The Morgan fingerprint density at radius 2 is 1.75 bits per heavy atom. The largest absolute Gasteiger partial charge is 0.299 e. The van der Waals surface area contributed by atoms with E-state index in [-0.39, 0.29) is 10.8 Å². The van der Waals surface area contributed by atoms with Gasteiger partial charge in [-0.3, -0.25) is 4.79 Å². The molecule has 0 N–H and O–H groups in total. The average Bonchev–Trinajstić information content (AvgIpc) is 2.18. The molecule has 2 rings (SSSR count). The van der Waals surface area contributed by atoms with Gasteiger partial charge in [0.25, 0.3) is 0 Å². The SMILES string of the molecule is CC1(C)C(=O)Cc2ccc(Br)cc2C1(C)C. The van der Waals surface area contributed by atoms with E-state index in [4.69, 9.17) is 0 Å². The van der Waals surface area contributed by atoms with Gasteiger partial charge in [-0.15, -0.1) is 0 Å². The molecule has 1 aliphatic carbocycles. The number of carbonyl (C=O) groups is 1. The smallest absolute Gasteiger partial charge is 0.143 e. The number of carbonyl (C=O) groups excluding carboxylic acids is 1. The average molecular weight is 281 g/mol. The maximum absolute atomic E-state index is 12.2. The topological polar surface area (TPSA) is 17.1 Å². The van der Waals surface area contributed by atoms with Gasteiger partial charge in [0.1, 0.15) is 5.78 Å². The molecule has 1 aromatic rings. The van der Waals surface area contributed by atoms with Crippen LogP contribution in [-0.2, 0) is 16.6 Å². The molecule has 0 bridgehead atoms. The summed E-state index contributed by atoms with van der Waals surface area (Å²) < 4.78 is 1.09. The van der Waals surface area contributed by atoms with Gasteiger partial charge in [-0.2, -0.15) is 0 Å². The lowest BCUT2D eigenvalue weighted by Crippen LogP contribution is -2.47. The molecule has 0 atom stereocenters. The summed E-state index contributed by atoms with van der Waals surface area (Å²) in [6, 6.07) is 6.23. The number of fused-ring (bicyclic) bond motifs is 1. The van der Waals surface area contributed by atoms with E-state index in [0.29, 0.717) is 12.2 Å². The third-order valence-electron chi connectivity index (χ3n) is 4.36. The van der Waals surface area contributed by atoms with Crippen molar-refractivity contribution in [1.29, 1.82) is 0 Å². The van der Waals surface area contributed by atoms with E-state index >= 15 is 0 Å². The van der Waals surface area contributed by atoms with Gasteiger partial charge in [0, 0.05) is 21.7 Å². The van der Waals surface area contributed by atoms with E-state index in [2.05, 4.69) is 55.8 Å². The van der Waals surface area contributed by atoms with Crippen molar-refractivity contribution in [3.8, 4) is 0 Å².